The van der Waals surface area contributed by atoms with E-state index < -0.39 is 0 Å². The lowest BCUT2D eigenvalue weighted by atomic mass is 9.90. The normalized spacial score (nSPS) is 22.5. The van der Waals surface area contributed by atoms with Crippen LogP contribution in [0.15, 0.2) is 24.4 Å². The molecule has 1 aliphatic heterocycles. The van der Waals surface area contributed by atoms with E-state index in [0.29, 0.717) is 6.61 Å². The maximum atomic E-state index is 12.8. The van der Waals surface area contributed by atoms with E-state index in [1.807, 2.05) is 18.3 Å². The number of hydrogen-bond donors (Lipinski definition) is 1. The number of H-pyrrole nitrogens is 1. The summed E-state index contributed by atoms with van der Waals surface area (Å²) in [4.78, 5) is 16.1. The van der Waals surface area contributed by atoms with Gasteiger partial charge in [0.25, 0.3) is 0 Å². The van der Waals surface area contributed by atoms with Gasteiger partial charge in [-0.3, -0.25) is 4.79 Å². The second-order valence-corrected chi connectivity index (χ2v) is 5.47. The fraction of sp³-hybridized carbons (Fsp3) is 0.471. The first-order valence-corrected chi connectivity index (χ1v) is 7.51. The van der Waals surface area contributed by atoms with E-state index in [9.17, 15) is 4.79 Å². The summed E-state index contributed by atoms with van der Waals surface area (Å²) in [5.41, 5.74) is 3.19. The molecule has 0 bridgehead atoms. The quantitative estimate of drug-likeness (QED) is 0.861. The first kappa shape index (κ1) is 13.4. The minimum absolute atomic E-state index is 0.0179. The lowest BCUT2D eigenvalue weighted by Crippen LogP contribution is -2.23. The number of para-hydroxylation sites is 1. The van der Waals surface area contributed by atoms with Gasteiger partial charge >= 0.3 is 0 Å². The van der Waals surface area contributed by atoms with Crippen LogP contribution in [0.5, 0.6) is 0 Å². The van der Waals surface area contributed by atoms with Crippen molar-refractivity contribution in [2.45, 2.75) is 39.2 Å². The Morgan fingerprint density at radius 3 is 3.00 bits per heavy atom. The van der Waals surface area contributed by atoms with Gasteiger partial charge in [-0.25, -0.2) is 0 Å². The third-order valence-corrected chi connectivity index (χ3v) is 4.40. The molecule has 1 aliphatic rings. The van der Waals surface area contributed by atoms with Gasteiger partial charge < -0.3 is 9.72 Å². The highest BCUT2D eigenvalue weighted by molar-refractivity contribution is 6.09. The fourth-order valence-corrected chi connectivity index (χ4v) is 3.27. The molecule has 0 radical (unpaired) electrons. The highest BCUT2D eigenvalue weighted by Gasteiger charge is 2.34. The number of aryl methyl sites for hydroxylation is 1. The minimum atomic E-state index is 0.0179. The molecular weight excluding hydrogens is 250 g/mol. The summed E-state index contributed by atoms with van der Waals surface area (Å²) in [6.45, 7) is 4.92. The Morgan fingerprint density at radius 1 is 1.40 bits per heavy atom. The van der Waals surface area contributed by atoms with Gasteiger partial charge in [0, 0.05) is 29.3 Å². The van der Waals surface area contributed by atoms with E-state index in [0.717, 1.165) is 35.7 Å². The number of carbonyl (C=O) groups is 1. The Kier molecular flexibility index (Phi) is 3.62. The van der Waals surface area contributed by atoms with Gasteiger partial charge in [0.05, 0.1) is 12.0 Å². The van der Waals surface area contributed by atoms with Gasteiger partial charge in [0.1, 0.15) is 0 Å². The predicted octanol–water partition coefficient (Wildman–Crippen LogP) is 3.73. The van der Waals surface area contributed by atoms with E-state index in [-0.39, 0.29) is 17.8 Å². The Morgan fingerprint density at radius 2 is 2.25 bits per heavy atom. The Bertz CT molecular complexity index is 629. The first-order valence-electron chi connectivity index (χ1n) is 7.51. The summed E-state index contributed by atoms with van der Waals surface area (Å²) in [7, 11) is 0. The van der Waals surface area contributed by atoms with Crippen LogP contribution in [0.2, 0.25) is 0 Å². The lowest BCUT2D eigenvalue weighted by molar-refractivity contribution is 0.0690. The number of rotatable bonds is 4. The molecule has 2 atom stereocenters. The number of ketones is 1. The standard InChI is InChI=1S/C17H21NO2/c1-3-11-6-5-7-12-14(10-18-16(11)12)17(19)13-8-9-20-15(13)4-2/h5-7,10,13,15,18H,3-4,8-9H2,1-2H3. The highest BCUT2D eigenvalue weighted by atomic mass is 16.5. The number of Topliss-reactive ketones (excluding diaryl/α,β-unsaturated/α-hetero) is 1. The van der Waals surface area contributed by atoms with Gasteiger partial charge in [0.15, 0.2) is 5.78 Å². The van der Waals surface area contributed by atoms with E-state index in [1.165, 1.54) is 5.56 Å². The molecule has 3 heteroatoms. The molecule has 1 aromatic carbocycles. The third-order valence-electron chi connectivity index (χ3n) is 4.40. The topological polar surface area (TPSA) is 42.1 Å². The molecule has 0 amide bonds. The zero-order valence-corrected chi connectivity index (χ0v) is 12.1. The van der Waals surface area contributed by atoms with Crippen molar-refractivity contribution in [1.29, 1.82) is 0 Å². The summed E-state index contributed by atoms with van der Waals surface area (Å²) in [6, 6.07) is 6.18. The molecule has 2 heterocycles. The van der Waals surface area contributed by atoms with Crippen molar-refractivity contribution in [1.82, 2.24) is 4.98 Å². The molecule has 1 N–H and O–H groups in total. The molecule has 20 heavy (non-hydrogen) atoms. The molecule has 2 aromatic rings. The largest absolute Gasteiger partial charge is 0.377 e. The van der Waals surface area contributed by atoms with Crippen LogP contribution in [0.25, 0.3) is 10.9 Å². The predicted molar refractivity (Wildman–Crippen MR) is 80.1 cm³/mol. The molecule has 1 aromatic heterocycles. The van der Waals surface area contributed by atoms with Crippen LogP contribution < -0.4 is 0 Å². The van der Waals surface area contributed by atoms with Gasteiger partial charge in [-0.15, -0.1) is 0 Å². The number of carbonyl (C=O) groups excluding carboxylic acids is 1. The number of nitrogens with one attached hydrogen (secondary N) is 1. The summed E-state index contributed by atoms with van der Waals surface area (Å²) in [5.74, 6) is 0.248. The molecule has 3 rings (SSSR count). The van der Waals surface area contributed by atoms with E-state index >= 15 is 0 Å². The van der Waals surface area contributed by atoms with Crippen LogP contribution in [-0.4, -0.2) is 23.5 Å². The monoisotopic (exact) mass is 271 g/mol. The second-order valence-electron chi connectivity index (χ2n) is 5.47. The van der Waals surface area contributed by atoms with Crippen LogP contribution in [-0.2, 0) is 11.2 Å². The van der Waals surface area contributed by atoms with Crippen molar-refractivity contribution in [3.8, 4) is 0 Å². The number of aromatic amines is 1. The molecule has 1 saturated heterocycles. The van der Waals surface area contributed by atoms with Crippen LogP contribution >= 0.6 is 0 Å². The van der Waals surface area contributed by atoms with E-state index in [4.69, 9.17) is 4.74 Å². The van der Waals surface area contributed by atoms with Crippen LogP contribution in [0.4, 0.5) is 0 Å². The zero-order valence-electron chi connectivity index (χ0n) is 12.1. The maximum Gasteiger partial charge on any atom is 0.170 e. The Balaban J connectivity index is 2.00. The molecule has 0 spiro atoms. The summed E-state index contributed by atoms with van der Waals surface area (Å²) in [6.07, 6.45) is 4.67. The van der Waals surface area contributed by atoms with Crippen molar-refractivity contribution in [2.24, 2.45) is 5.92 Å². The maximum absolute atomic E-state index is 12.8. The number of ether oxygens (including phenoxy) is 1. The van der Waals surface area contributed by atoms with Crippen LogP contribution in [0, 0.1) is 5.92 Å². The number of aromatic nitrogens is 1. The fourth-order valence-electron chi connectivity index (χ4n) is 3.27. The van der Waals surface area contributed by atoms with E-state index in [1.54, 1.807) is 0 Å². The Hall–Kier alpha value is -1.61. The van der Waals surface area contributed by atoms with Crippen molar-refractivity contribution in [3.05, 3.63) is 35.5 Å². The summed E-state index contributed by atoms with van der Waals surface area (Å²) >= 11 is 0. The van der Waals surface area contributed by atoms with Crippen molar-refractivity contribution in [2.75, 3.05) is 6.61 Å². The molecule has 3 nitrogen and oxygen atoms in total. The number of fused-ring (bicyclic) bond motifs is 1. The number of hydrogen-bond acceptors (Lipinski definition) is 2. The SMILES string of the molecule is CCc1cccc2c(C(=O)C3CCOC3CC)c[nH]c12. The zero-order chi connectivity index (χ0) is 14.1. The second kappa shape index (κ2) is 5.41. The van der Waals surface area contributed by atoms with Crippen LogP contribution in [0.3, 0.4) is 0 Å². The average molecular weight is 271 g/mol. The van der Waals surface area contributed by atoms with Gasteiger partial charge in [-0.2, -0.15) is 0 Å². The first-order chi connectivity index (χ1) is 9.76. The molecule has 106 valence electrons. The molecule has 1 fully saturated rings. The van der Waals surface area contributed by atoms with Crippen LogP contribution in [0.1, 0.15) is 42.6 Å². The molecule has 0 aliphatic carbocycles. The third kappa shape index (κ3) is 2.06. The van der Waals surface area contributed by atoms with Gasteiger partial charge in [-0.05, 0) is 24.8 Å². The number of benzene rings is 1. The van der Waals surface area contributed by atoms with Crippen molar-refractivity contribution in [3.63, 3.8) is 0 Å². The smallest absolute Gasteiger partial charge is 0.170 e. The molecular formula is C17H21NO2. The van der Waals surface area contributed by atoms with Gasteiger partial charge in [0.2, 0.25) is 0 Å². The van der Waals surface area contributed by atoms with E-state index in [2.05, 4.69) is 24.9 Å². The van der Waals surface area contributed by atoms with Crippen molar-refractivity contribution < 1.29 is 9.53 Å². The average Bonchev–Trinajstić information content (AvgIpc) is 3.12. The highest BCUT2D eigenvalue weighted by Crippen LogP contribution is 2.30. The summed E-state index contributed by atoms with van der Waals surface area (Å²) < 4.78 is 5.66. The minimum Gasteiger partial charge on any atom is -0.377 e. The van der Waals surface area contributed by atoms with Crippen molar-refractivity contribution >= 4 is 16.7 Å². The van der Waals surface area contributed by atoms with Gasteiger partial charge in [-0.1, -0.05) is 32.0 Å². The lowest BCUT2D eigenvalue weighted by Gasteiger charge is -2.15. The molecule has 2 unspecified atom stereocenters. The Labute approximate surface area is 119 Å². The summed E-state index contributed by atoms with van der Waals surface area (Å²) in [5, 5.41) is 1.05. The molecule has 0 saturated carbocycles.